The Hall–Kier alpha value is -0.380. The molecule has 0 saturated carbocycles. The van der Waals surface area contributed by atoms with Gasteiger partial charge in [0.1, 0.15) is 0 Å². The number of nitrogens with one attached hydrogen (secondary N) is 1. The van der Waals surface area contributed by atoms with E-state index in [2.05, 4.69) is 4.98 Å². The van der Waals surface area contributed by atoms with Crippen LogP contribution in [0.4, 0.5) is 0 Å². The normalized spacial score (nSPS) is 12.6. The highest BCUT2D eigenvalue weighted by Crippen LogP contribution is 2.38. The van der Waals surface area contributed by atoms with Crippen molar-refractivity contribution < 1.29 is 4.74 Å². The average molecular weight is 299 g/mol. The van der Waals surface area contributed by atoms with Crippen molar-refractivity contribution >= 4 is 34.8 Å². The van der Waals surface area contributed by atoms with Gasteiger partial charge in [0.2, 0.25) is 9.22 Å². The summed E-state index contributed by atoms with van der Waals surface area (Å²) in [6.45, 7) is 5.80. The molecular formula is C11H14Cl3NO2. The number of hydrogen-bond acceptors (Lipinski definition) is 2. The van der Waals surface area contributed by atoms with Crippen LogP contribution in [0.1, 0.15) is 32.2 Å². The fourth-order valence-corrected chi connectivity index (χ4v) is 1.74. The summed E-state index contributed by atoms with van der Waals surface area (Å²) < 4.78 is 3.44. The number of alkyl halides is 3. The molecule has 0 saturated heterocycles. The Kier molecular flexibility index (Phi) is 4.07. The predicted octanol–water partition coefficient (Wildman–Crippen LogP) is 3.51. The molecule has 0 aromatic carbocycles. The first-order valence-electron chi connectivity index (χ1n) is 4.96. The van der Waals surface area contributed by atoms with Crippen LogP contribution < -0.4 is 10.2 Å². The van der Waals surface area contributed by atoms with Crippen LogP contribution in [0.5, 0.6) is 5.75 Å². The number of pyridine rings is 1. The number of ether oxygens (including phenoxy) is 1. The number of halogens is 3. The monoisotopic (exact) mass is 297 g/mol. The molecule has 1 rings (SSSR count). The molecule has 0 aliphatic rings. The molecule has 1 N–H and O–H groups in total. The highest BCUT2D eigenvalue weighted by molar-refractivity contribution is 6.66. The fourth-order valence-electron chi connectivity index (χ4n) is 1.43. The number of aromatic nitrogens is 1. The van der Waals surface area contributed by atoms with E-state index in [4.69, 9.17) is 39.5 Å². The van der Waals surface area contributed by atoms with Gasteiger partial charge in [0.05, 0.1) is 18.5 Å². The molecule has 96 valence electrons. The van der Waals surface area contributed by atoms with Crippen molar-refractivity contribution in [2.24, 2.45) is 0 Å². The summed E-state index contributed by atoms with van der Waals surface area (Å²) in [6, 6.07) is 1.24. The van der Waals surface area contributed by atoms with Crippen LogP contribution in [0.2, 0.25) is 0 Å². The third-order valence-electron chi connectivity index (χ3n) is 2.25. The zero-order valence-corrected chi connectivity index (χ0v) is 12.3. The van der Waals surface area contributed by atoms with Crippen molar-refractivity contribution in [3.05, 3.63) is 27.7 Å². The Balaban J connectivity index is 3.57. The van der Waals surface area contributed by atoms with Crippen LogP contribution in [0.15, 0.2) is 10.9 Å². The van der Waals surface area contributed by atoms with Gasteiger partial charge < -0.3 is 9.72 Å². The second kappa shape index (κ2) is 4.71. The SMILES string of the molecule is COc1c(C(C)(C)C)[nH]c(C(Cl)(Cl)Cl)cc1=O. The maximum atomic E-state index is 11.9. The van der Waals surface area contributed by atoms with E-state index in [-0.39, 0.29) is 22.3 Å². The van der Waals surface area contributed by atoms with Gasteiger partial charge >= 0.3 is 0 Å². The molecule has 0 bridgehead atoms. The summed E-state index contributed by atoms with van der Waals surface area (Å²) in [4.78, 5) is 14.8. The average Bonchev–Trinajstić information content (AvgIpc) is 2.13. The first kappa shape index (κ1) is 14.7. The molecule has 1 aromatic heterocycles. The zero-order valence-electron chi connectivity index (χ0n) is 10.0. The molecule has 0 aliphatic heterocycles. The lowest BCUT2D eigenvalue weighted by atomic mass is 9.90. The van der Waals surface area contributed by atoms with Crippen molar-refractivity contribution in [1.82, 2.24) is 4.98 Å². The predicted molar refractivity (Wildman–Crippen MR) is 71.6 cm³/mol. The molecule has 0 amide bonds. The van der Waals surface area contributed by atoms with Crippen LogP contribution in [0.3, 0.4) is 0 Å². The van der Waals surface area contributed by atoms with Gasteiger partial charge in [0, 0.05) is 11.5 Å². The van der Waals surface area contributed by atoms with Gasteiger partial charge in [-0.3, -0.25) is 4.79 Å². The molecule has 0 spiro atoms. The zero-order chi connectivity index (χ0) is 13.4. The molecule has 0 fully saturated rings. The molecule has 3 nitrogen and oxygen atoms in total. The van der Waals surface area contributed by atoms with Gasteiger partial charge in [0.25, 0.3) is 0 Å². The van der Waals surface area contributed by atoms with Crippen LogP contribution in [0, 0.1) is 0 Å². The lowest BCUT2D eigenvalue weighted by Gasteiger charge is -2.23. The van der Waals surface area contributed by atoms with E-state index in [1.54, 1.807) is 0 Å². The lowest BCUT2D eigenvalue weighted by Crippen LogP contribution is -2.23. The largest absolute Gasteiger partial charge is 0.491 e. The first-order valence-corrected chi connectivity index (χ1v) is 6.09. The van der Waals surface area contributed by atoms with Gasteiger partial charge in [-0.2, -0.15) is 0 Å². The Labute approximate surface area is 115 Å². The van der Waals surface area contributed by atoms with Crippen molar-refractivity contribution in [3.63, 3.8) is 0 Å². The van der Waals surface area contributed by atoms with E-state index in [1.807, 2.05) is 20.8 Å². The molecule has 17 heavy (non-hydrogen) atoms. The summed E-state index contributed by atoms with van der Waals surface area (Å²) in [5.41, 5.74) is 0.209. The van der Waals surface area contributed by atoms with Crippen molar-refractivity contribution in [2.75, 3.05) is 7.11 Å². The number of methoxy groups -OCH3 is 1. The molecule has 0 unspecified atom stereocenters. The molecule has 1 heterocycles. The Morgan fingerprint density at radius 3 is 2.12 bits per heavy atom. The van der Waals surface area contributed by atoms with Crippen molar-refractivity contribution in [2.45, 2.75) is 30.0 Å². The summed E-state index contributed by atoms with van der Waals surface area (Å²) >= 11 is 17.3. The van der Waals surface area contributed by atoms with Crippen LogP contribution >= 0.6 is 34.8 Å². The van der Waals surface area contributed by atoms with E-state index in [0.29, 0.717) is 5.69 Å². The van der Waals surface area contributed by atoms with Gasteiger partial charge in [-0.15, -0.1) is 0 Å². The van der Waals surface area contributed by atoms with Gasteiger partial charge in [-0.25, -0.2) is 0 Å². The Morgan fingerprint density at radius 1 is 1.24 bits per heavy atom. The minimum atomic E-state index is -1.66. The summed E-state index contributed by atoms with van der Waals surface area (Å²) in [5.74, 6) is 0.246. The minimum absolute atomic E-state index is 0.234. The second-order valence-corrected chi connectivity index (χ2v) is 6.98. The van der Waals surface area contributed by atoms with Gasteiger partial charge in [-0.1, -0.05) is 55.6 Å². The fraction of sp³-hybridized carbons (Fsp3) is 0.545. The van der Waals surface area contributed by atoms with E-state index in [0.717, 1.165) is 0 Å². The minimum Gasteiger partial charge on any atom is -0.491 e. The van der Waals surface area contributed by atoms with E-state index in [1.165, 1.54) is 13.2 Å². The van der Waals surface area contributed by atoms with Crippen LogP contribution in [-0.4, -0.2) is 12.1 Å². The Bertz CT molecular complexity index is 469. The molecule has 0 aliphatic carbocycles. The molecule has 0 atom stereocenters. The third kappa shape index (κ3) is 3.30. The highest BCUT2D eigenvalue weighted by atomic mass is 35.6. The van der Waals surface area contributed by atoms with Crippen LogP contribution in [-0.2, 0) is 9.21 Å². The molecule has 6 heteroatoms. The van der Waals surface area contributed by atoms with E-state index in [9.17, 15) is 4.79 Å². The topological polar surface area (TPSA) is 42.1 Å². The number of H-pyrrole nitrogens is 1. The van der Waals surface area contributed by atoms with Crippen LogP contribution in [0.25, 0.3) is 0 Å². The van der Waals surface area contributed by atoms with Gasteiger partial charge in [0.15, 0.2) is 5.75 Å². The second-order valence-electron chi connectivity index (χ2n) is 4.70. The smallest absolute Gasteiger partial charge is 0.230 e. The maximum absolute atomic E-state index is 11.9. The quantitative estimate of drug-likeness (QED) is 0.806. The number of rotatable bonds is 1. The summed E-state index contributed by atoms with van der Waals surface area (Å²) in [6.07, 6.45) is 0. The van der Waals surface area contributed by atoms with E-state index >= 15 is 0 Å². The standard InChI is InChI=1S/C11H14Cl3NO2/c1-10(2,3)9-8(17-4)6(16)5-7(15-9)11(12,13)14/h5H,1-4H3,(H,15,16). The molecular weight excluding hydrogens is 284 g/mol. The third-order valence-corrected chi connectivity index (χ3v) is 2.86. The number of aromatic amines is 1. The lowest BCUT2D eigenvalue weighted by molar-refractivity contribution is 0.387. The summed E-state index contributed by atoms with van der Waals surface area (Å²) in [7, 11) is 1.44. The van der Waals surface area contributed by atoms with Crippen molar-refractivity contribution in [1.29, 1.82) is 0 Å². The Morgan fingerprint density at radius 2 is 1.76 bits per heavy atom. The van der Waals surface area contributed by atoms with E-state index < -0.39 is 3.79 Å². The first-order chi connectivity index (χ1) is 7.57. The maximum Gasteiger partial charge on any atom is 0.230 e. The number of hydrogen-bond donors (Lipinski definition) is 1. The summed E-state index contributed by atoms with van der Waals surface area (Å²) in [5, 5.41) is 0. The molecule has 1 aromatic rings. The molecule has 0 radical (unpaired) electrons. The van der Waals surface area contributed by atoms with Gasteiger partial charge in [-0.05, 0) is 0 Å². The highest BCUT2D eigenvalue weighted by Gasteiger charge is 2.29. The van der Waals surface area contributed by atoms with Crippen molar-refractivity contribution in [3.8, 4) is 5.75 Å².